The topological polar surface area (TPSA) is 89.7 Å². The third-order valence-electron chi connectivity index (χ3n) is 4.75. The highest BCUT2D eigenvalue weighted by atomic mass is 32.2. The van der Waals surface area contributed by atoms with Crippen LogP contribution in [0.2, 0.25) is 0 Å². The Morgan fingerprint density at radius 2 is 2.00 bits per heavy atom. The molecular formula is C21H20N2O5S. The quantitative estimate of drug-likeness (QED) is 0.597. The van der Waals surface area contributed by atoms with Gasteiger partial charge in [-0.15, -0.1) is 0 Å². The van der Waals surface area contributed by atoms with Crippen molar-refractivity contribution in [2.75, 3.05) is 10.6 Å². The number of nitrogens with zero attached hydrogens (tertiary/aromatic N) is 2. The molecule has 0 saturated carbocycles. The smallest absolute Gasteiger partial charge is 0.338 e. The summed E-state index contributed by atoms with van der Waals surface area (Å²) in [6, 6.07) is 14.2. The van der Waals surface area contributed by atoms with E-state index in [9.17, 15) is 13.2 Å². The van der Waals surface area contributed by atoms with Crippen molar-refractivity contribution in [2.24, 2.45) is 0 Å². The molecule has 1 aliphatic heterocycles. The highest BCUT2D eigenvalue weighted by Gasteiger charge is 2.32. The average Bonchev–Trinajstić information content (AvgIpc) is 3.29. The van der Waals surface area contributed by atoms with E-state index in [0.29, 0.717) is 29.3 Å². The second kappa shape index (κ2) is 7.36. The van der Waals surface area contributed by atoms with Crippen molar-refractivity contribution >= 4 is 21.7 Å². The van der Waals surface area contributed by atoms with Gasteiger partial charge in [0.15, 0.2) is 0 Å². The molecule has 8 heteroatoms. The van der Waals surface area contributed by atoms with E-state index in [1.165, 1.54) is 16.8 Å². The van der Waals surface area contributed by atoms with E-state index in [2.05, 4.69) is 4.98 Å². The van der Waals surface area contributed by atoms with E-state index in [0.717, 1.165) is 11.1 Å². The van der Waals surface area contributed by atoms with Crippen LogP contribution in [0.15, 0.2) is 59.2 Å². The first-order valence-electron chi connectivity index (χ1n) is 9.12. The van der Waals surface area contributed by atoms with Crippen molar-refractivity contribution < 1.29 is 22.4 Å². The number of hydrogen-bond acceptors (Lipinski definition) is 6. The maximum Gasteiger partial charge on any atom is 0.338 e. The number of fused-ring (bicyclic) bond motifs is 1. The monoisotopic (exact) mass is 412 g/mol. The average molecular weight is 412 g/mol. The summed E-state index contributed by atoms with van der Waals surface area (Å²) in [5.74, 6) is -0.0356. The molecule has 3 aromatic rings. The molecule has 1 aromatic heterocycles. The molecule has 1 unspecified atom stereocenters. The first-order chi connectivity index (χ1) is 13.8. The lowest BCUT2D eigenvalue weighted by molar-refractivity contribution is 0.0467. The number of esters is 1. The minimum Gasteiger partial charge on any atom is -0.455 e. The number of rotatable bonds is 5. The highest BCUT2D eigenvalue weighted by Crippen LogP contribution is 2.34. The molecule has 0 N–H and O–H groups in total. The van der Waals surface area contributed by atoms with Crippen molar-refractivity contribution in [3.8, 4) is 11.5 Å². The minimum absolute atomic E-state index is 0.0158. The fraction of sp³-hybridized carbons (Fsp3) is 0.238. The van der Waals surface area contributed by atoms with Crippen LogP contribution in [0.4, 0.5) is 5.69 Å². The number of benzene rings is 2. The first kappa shape index (κ1) is 19.2. The van der Waals surface area contributed by atoms with Crippen LogP contribution in [0.25, 0.3) is 11.5 Å². The van der Waals surface area contributed by atoms with Crippen LogP contribution in [-0.4, -0.2) is 31.7 Å². The molecule has 0 spiro atoms. The Morgan fingerprint density at radius 3 is 2.72 bits per heavy atom. The number of sulfonamides is 1. The lowest BCUT2D eigenvalue weighted by atomic mass is 10.1. The Morgan fingerprint density at radius 1 is 1.24 bits per heavy atom. The van der Waals surface area contributed by atoms with Gasteiger partial charge in [0.2, 0.25) is 15.9 Å². The van der Waals surface area contributed by atoms with Crippen LogP contribution in [0.1, 0.15) is 28.5 Å². The summed E-state index contributed by atoms with van der Waals surface area (Å²) in [6.07, 6.45) is 3.19. The normalized spacial score (nSPS) is 15.9. The van der Waals surface area contributed by atoms with E-state index >= 15 is 0 Å². The molecule has 1 atom stereocenters. The molecular weight excluding hydrogens is 392 g/mol. The molecule has 0 radical (unpaired) electrons. The molecule has 0 saturated heterocycles. The lowest BCUT2D eigenvalue weighted by Gasteiger charge is -2.21. The lowest BCUT2D eigenvalue weighted by Crippen LogP contribution is -2.34. The Bertz CT molecular complexity index is 1150. The van der Waals surface area contributed by atoms with E-state index < -0.39 is 16.0 Å². The van der Waals surface area contributed by atoms with Gasteiger partial charge in [-0.2, -0.15) is 0 Å². The molecule has 0 aliphatic carbocycles. The van der Waals surface area contributed by atoms with Gasteiger partial charge in [-0.25, -0.2) is 18.2 Å². The van der Waals surface area contributed by atoms with Gasteiger partial charge >= 0.3 is 5.97 Å². The summed E-state index contributed by atoms with van der Waals surface area (Å²) in [5, 5.41) is 0. The molecule has 1 aliphatic rings. The third-order valence-corrected chi connectivity index (χ3v) is 6.02. The standard InChI is InChI=1S/C21H20N2O5S/c1-14-10-17-11-16(8-9-19(17)23(14)29(2,25)26)21(24)28-13-18-12-27-20(22-18)15-6-4-3-5-7-15/h3-9,11-12,14H,10,13H2,1-2H3. The largest absolute Gasteiger partial charge is 0.455 e. The van der Waals surface area contributed by atoms with E-state index in [1.54, 1.807) is 18.2 Å². The third kappa shape index (κ3) is 3.88. The highest BCUT2D eigenvalue weighted by molar-refractivity contribution is 7.92. The van der Waals surface area contributed by atoms with E-state index in [-0.39, 0.29) is 12.6 Å². The number of aromatic nitrogens is 1. The van der Waals surface area contributed by atoms with Gasteiger partial charge < -0.3 is 9.15 Å². The van der Waals surface area contributed by atoms with E-state index in [4.69, 9.17) is 9.15 Å². The Hall–Kier alpha value is -3.13. The number of oxazole rings is 1. The molecule has 4 rings (SSSR count). The van der Waals surface area contributed by atoms with Gasteiger partial charge in [-0.1, -0.05) is 18.2 Å². The van der Waals surface area contributed by atoms with Gasteiger partial charge in [-0.05, 0) is 49.2 Å². The van der Waals surface area contributed by atoms with Crippen molar-refractivity contribution in [3.05, 3.63) is 71.6 Å². The van der Waals surface area contributed by atoms with Crippen molar-refractivity contribution in [1.82, 2.24) is 4.98 Å². The molecule has 2 aromatic carbocycles. The van der Waals surface area contributed by atoms with Crippen LogP contribution in [0.3, 0.4) is 0 Å². The Kier molecular flexibility index (Phi) is 4.87. The van der Waals surface area contributed by atoms with Crippen LogP contribution in [0.5, 0.6) is 0 Å². The second-order valence-electron chi connectivity index (χ2n) is 7.04. The summed E-state index contributed by atoms with van der Waals surface area (Å²) in [7, 11) is -3.37. The molecule has 0 amide bonds. The fourth-order valence-corrected chi connectivity index (χ4v) is 4.81. The van der Waals surface area contributed by atoms with Gasteiger partial charge in [0.1, 0.15) is 18.6 Å². The first-order valence-corrected chi connectivity index (χ1v) is 11.0. The number of anilines is 1. The number of carbonyl (C=O) groups is 1. The summed E-state index contributed by atoms with van der Waals surface area (Å²) in [6.45, 7) is 1.83. The zero-order valence-electron chi connectivity index (χ0n) is 16.0. The predicted molar refractivity (Wildman–Crippen MR) is 108 cm³/mol. The molecule has 2 heterocycles. The molecule has 0 fully saturated rings. The minimum atomic E-state index is -3.37. The maximum atomic E-state index is 12.4. The Balaban J connectivity index is 1.45. The molecule has 0 bridgehead atoms. The predicted octanol–water partition coefficient (Wildman–Crippen LogP) is 3.41. The molecule has 7 nitrogen and oxygen atoms in total. The van der Waals surface area contributed by atoms with Gasteiger partial charge in [0.25, 0.3) is 0 Å². The Labute approximate surface area is 169 Å². The SMILES string of the molecule is CC1Cc2cc(C(=O)OCc3coc(-c4ccccc4)n3)ccc2N1S(C)(=O)=O. The summed E-state index contributed by atoms with van der Waals surface area (Å²) < 4.78 is 36.2. The van der Waals surface area contributed by atoms with Gasteiger partial charge in [-0.3, -0.25) is 4.31 Å². The number of carbonyl (C=O) groups excluding carboxylic acids is 1. The van der Waals surface area contributed by atoms with Crippen LogP contribution in [-0.2, 0) is 27.8 Å². The maximum absolute atomic E-state index is 12.4. The summed E-state index contributed by atoms with van der Waals surface area (Å²) in [5.41, 5.74) is 3.15. The molecule has 150 valence electrons. The van der Waals surface area contributed by atoms with Crippen LogP contribution >= 0.6 is 0 Å². The second-order valence-corrected chi connectivity index (χ2v) is 8.90. The molecule has 29 heavy (non-hydrogen) atoms. The summed E-state index contributed by atoms with van der Waals surface area (Å²) in [4.78, 5) is 16.8. The zero-order chi connectivity index (χ0) is 20.6. The summed E-state index contributed by atoms with van der Waals surface area (Å²) >= 11 is 0. The van der Waals surface area contributed by atoms with Crippen molar-refractivity contribution in [3.63, 3.8) is 0 Å². The van der Waals surface area contributed by atoms with Crippen molar-refractivity contribution in [2.45, 2.75) is 26.0 Å². The van der Waals surface area contributed by atoms with Gasteiger partial charge in [0, 0.05) is 11.6 Å². The number of ether oxygens (including phenoxy) is 1. The van der Waals surface area contributed by atoms with Gasteiger partial charge in [0.05, 0.1) is 17.5 Å². The fourth-order valence-electron chi connectivity index (χ4n) is 3.54. The van der Waals surface area contributed by atoms with Crippen LogP contribution < -0.4 is 4.31 Å². The number of hydrogen-bond donors (Lipinski definition) is 0. The zero-order valence-corrected chi connectivity index (χ0v) is 16.8. The van der Waals surface area contributed by atoms with E-state index in [1.807, 2.05) is 37.3 Å². The van der Waals surface area contributed by atoms with Crippen LogP contribution in [0, 0.1) is 0 Å². The van der Waals surface area contributed by atoms with Crippen molar-refractivity contribution in [1.29, 1.82) is 0 Å².